The molecule has 0 unspecified atom stereocenters. The Labute approximate surface area is 125 Å². The second-order valence-corrected chi connectivity index (χ2v) is 4.79. The van der Waals surface area contributed by atoms with Gasteiger partial charge in [-0.15, -0.1) is 11.6 Å². The maximum atomic E-state index is 13.1. The average molecular weight is 326 g/mol. The van der Waals surface area contributed by atoms with Crippen LogP contribution in [0.5, 0.6) is 0 Å². The molecule has 7 heteroatoms. The van der Waals surface area contributed by atoms with E-state index in [0.29, 0.717) is 12.5 Å². The molecule has 0 spiro atoms. The molecule has 0 aliphatic heterocycles. The maximum Gasteiger partial charge on any atom is 0.416 e. The molecular weight excluding hydrogens is 310 g/mol. The van der Waals surface area contributed by atoms with E-state index in [2.05, 4.69) is 0 Å². The van der Waals surface area contributed by atoms with Crippen molar-refractivity contribution in [2.75, 3.05) is 12.5 Å². The Morgan fingerprint density at radius 3 is 2.57 bits per heavy atom. The summed E-state index contributed by atoms with van der Waals surface area (Å²) in [5.74, 6) is -1.86. The van der Waals surface area contributed by atoms with Crippen molar-refractivity contribution < 1.29 is 22.3 Å². The van der Waals surface area contributed by atoms with E-state index in [1.165, 1.54) is 0 Å². The molecule has 118 valence electrons. The molecule has 2 nitrogen and oxygen atoms in total. The predicted octanol–water partition coefficient (Wildman–Crippen LogP) is 4.96. The van der Waals surface area contributed by atoms with Gasteiger partial charge in [-0.3, -0.25) is 5.41 Å². The monoisotopic (exact) mass is 325 g/mol. The second-order valence-electron chi connectivity index (χ2n) is 4.41. The van der Waals surface area contributed by atoms with Gasteiger partial charge in [0.15, 0.2) is 5.90 Å². The maximum absolute atomic E-state index is 13.1. The Hall–Kier alpha value is -1.30. The van der Waals surface area contributed by atoms with Crippen molar-refractivity contribution in [2.45, 2.75) is 31.9 Å². The third-order valence-corrected chi connectivity index (χ3v) is 3.21. The van der Waals surface area contributed by atoms with E-state index >= 15 is 0 Å². The van der Waals surface area contributed by atoms with E-state index in [1.54, 1.807) is 6.92 Å². The lowest BCUT2D eigenvalue weighted by molar-refractivity contribution is -0.138. The molecule has 0 amide bonds. The van der Waals surface area contributed by atoms with Gasteiger partial charge in [0.05, 0.1) is 18.1 Å². The fraction of sp³-hybridized carbons (Fsp3) is 0.500. The highest BCUT2D eigenvalue weighted by atomic mass is 35.5. The van der Waals surface area contributed by atoms with Gasteiger partial charge in [0.1, 0.15) is 5.82 Å². The summed E-state index contributed by atoms with van der Waals surface area (Å²) in [6.45, 7) is 1.82. The van der Waals surface area contributed by atoms with Crippen LogP contribution in [-0.2, 0) is 10.9 Å². The molecule has 1 N–H and O–H groups in total. The lowest BCUT2D eigenvalue weighted by atomic mass is 9.90. The summed E-state index contributed by atoms with van der Waals surface area (Å²) < 4.78 is 57.3. The van der Waals surface area contributed by atoms with Gasteiger partial charge in [-0.25, -0.2) is 4.39 Å². The summed E-state index contributed by atoms with van der Waals surface area (Å²) in [4.78, 5) is 0. The topological polar surface area (TPSA) is 33.1 Å². The Bertz CT molecular complexity index is 490. The molecule has 0 heterocycles. The number of rotatable bonds is 6. The molecule has 21 heavy (non-hydrogen) atoms. The third kappa shape index (κ3) is 4.88. The minimum absolute atomic E-state index is 0.160. The molecule has 1 rings (SSSR count). The molecule has 0 saturated carbocycles. The molecule has 1 aromatic rings. The first kappa shape index (κ1) is 17.8. The number of hydrogen-bond acceptors (Lipinski definition) is 2. The molecule has 0 radical (unpaired) electrons. The fourth-order valence-corrected chi connectivity index (χ4v) is 2.20. The Morgan fingerprint density at radius 2 is 2.05 bits per heavy atom. The third-order valence-electron chi connectivity index (χ3n) is 2.94. The zero-order valence-corrected chi connectivity index (χ0v) is 12.2. The molecule has 0 aliphatic rings. The summed E-state index contributed by atoms with van der Waals surface area (Å²) in [6.07, 6.45) is -4.03. The molecule has 1 atom stereocenters. The molecule has 0 aliphatic carbocycles. The van der Waals surface area contributed by atoms with Crippen LogP contribution in [0.4, 0.5) is 17.6 Å². The minimum atomic E-state index is -4.69. The van der Waals surface area contributed by atoms with Crippen molar-refractivity contribution in [3.05, 3.63) is 35.1 Å². The molecule has 0 saturated heterocycles. The minimum Gasteiger partial charge on any atom is -0.481 e. The van der Waals surface area contributed by atoms with Crippen molar-refractivity contribution in [3.63, 3.8) is 0 Å². The van der Waals surface area contributed by atoms with Crippen LogP contribution < -0.4 is 0 Å². The highest BCUT2D eigenvalue weighted by molar-refractivity contribution is 6.17. The molecular formula is C14H16ClF4NO. The van der Waals surface area contributed by atoms with E-state index in [1.807, 2.05) is 0 Å². The first-order valence-electron chi connectivity index (χ1n) is 6.45. The highest BCUT2D eigenvalue weighted by Gasteiger charge is 2.36. The van der Waals surface area contributed by atoms with Crippen LogP contribution in [0, 0.1) is 11.2 Å². The quantitative estimate of drug-likeness (QED) is 0.341. The van der Waals surface area contributed by atoms with Gasteiger partial charge in [-0.1, -0.05) is 6.07 Å². The normalized spacial score (nSPS) is 13.0. The van der Waals surface area contributed by atoms with Crippen LogP contribution in [0.15, 0.2) is 18.2 Å². The number of alkyl halides is 4. The van der Waals surface area contributed by atoms with Gasteiger partial charge in [0.2, 0.25) is 0 Å². The SMILES string of the molecule is CCOC(=N)[C@H](CCCCl)c1ccc(F)cc1C(F)(F)F. The van der Waals surface area contributed by atoms with Crippen LogP contribution in [0.3, 0.4) is 0 Å². The molecule has 0 fully saturated rings. The van der Waals surface area contributed by atoms with Crippen molar-refractivity contribution in [3.8, 4) is 0 Å². The van der Waals surface area contributed by atoms with Gasteiger partial charge < -0.3 is 4.74 Å². The first-order chi connectivity index (χ1) is 9.81. The first-order valence-corrected chi connectivity index (χ1v) is 6.98. The average Bonchev–Trinajstić information content (AvgIpc) is 2.39. The van der Waals surface area contributed by atoms with Crippen LogP contribution in [0.1, 0.15) is 36.8 Å². The number of hydrogen-bond donors (Lipinski definition) is 1. The summed E-state index contributed by atoms with van der Waals surface area (Å²) in [5.41, 5.74) is -1.24. The lowest BCUT2D eigenvalue weighted by Crippen LogP contribution is -2.20. The Balaban J connectivity index is 3.26. The van der Waals surface area contributed by atoms with E-state index < -0.39 is 23.5 Å². The van der Waals surface area contributed by atoms with E-state index in [0.717, 1.165) is 12.1 Å². The fourth-order valence-electron chi connectivity index (χ4n) is 2.04. The standard InChI is InChI=1S/C14H16ClF4NO/c1-2-21-13(20)11(4-3-7-15)10-6-5-9(16)8-12(10)14(17,18)19/h5-6,8,11,20H,2-4,7H2,1H3/t11-/m1/s1. The zero-order valence-electron chi connectivity index (χ0n) is 11.4. The summed E-state index contributed by atoms with van der Waals surface area (Å²) in [7, 11) is 0. The Morgan fingerprint density at radius 1 is 1.38 bits per heavy atom. The van der Waals surface area contributed by atoms with E-state index in [9.17, 15) is 17.6 Å². The largest absolute Gasteiger partial charge is 0.481 e. The molecule has 1 aromatic carbocycles. The van der Waals surface area contributed by atoms with Crippen LogP contribution in [0.25, 0.3) is 0 Å². The van der Waals surface area contributed by atoms with Gasteiger partial charge in [0.25, 0.3) is 0 Å². The van der Waals surface area contributed by atoms with Crippen molar-refractivity contribution >= 4 is 17.5 Å². The zero-order chi connectivity index (χ0) is 16.0. The van der Waals surface area contributed by atoms with Crippen LogP contribution in [-0.4, -0.2) is 18.4 Å². The number of benzene rings is 1. The van der Waals surface area contributed by atoms with Crippen molar-refractivity contribution in [2.24, 2.45) is 0 Å². The van der Waals surface area contributed by atoms with Crippen molar-refractivity contribution in [1.82, 2.24) is 0 Å². The van der Waals surface area contributed by atoms with Gasteiger partial charge in [-0.2, -0.15) is 13.2 Å². The number of halogens is 5. The number of ether oxygens (including phenoxy) is 1. The summed E-state index contributed by atoms with van der Waals surface area (Å²) >= 11 is 5.58. The number of nitrogens with one attached hydrogen (secondary N) is 1. The van der Waals surface area contributed by atoms with E-state index in [4.69, 9.17) is 21.7 Å². The van der Waals surface area contributed by atoms with Gasteiger partial charge in [0, 0.05) is 5.88 Å². The lowest BCUT2D eigenvalue weighted by Gasteiger charge is -2.22. The molecule has 0 bridgehead atoms. The summed E-state index contributed by atoms with van der Waals surface area (Å²) in [5, 5.41) is 7.79. The van der Waals surface area contributed by atoms with Crippen molar-refractivity contribution in [1.29, 1.82) is 5.41 Å². The van der Waals surface area contributed by atoms with Crippen LogP contribution >= 0.6 is 11.6 Å². The Kier molecular flexibility index (Phi) is 6.45. The van der Waals surface area contributed by atoms with Gasteiger partial charge >= 0.3 is 6.18 Å². The smallest absolute Gasteiger partial charge is 0.416 e. The summed E-state index contributed by atoms with van der Waals surface area (Å²) in [6, 6.07) is 2.46. The van der Waals surface area contributed by atoms with Crippen LogP contribution in [0.2, 0.25) is 0 Å². The second kappa shape index (κ2) is 7.64. The predicted molar refractivity (Wildman–Crippen MR) is 73.4 cm³/mol. The van der Waals surface area contributed by atoms with E-state index in [-0.39, 0.29) is 30.4 Å². The molecule has 0 aromatic heterocycles. The highest BCUT2D eigenvalue weighted by Crippen LogP contribution is 2.37. The van der Waals surface area contributed by atoms with Gasteiger partial charge in [-0.05, 0) is 37.5 Å².